The predicted molar refractivity (Wildman–Crippen MR) is 67.1 cm³/mol. The molecule has 1 aliphatic rings. The molecule has 0 aromatic heterocycles. The maximum absolute atomic E-state index is 13.8. The molecular weight excluding hydrogens is 423 g/mol. The van der Waals surface area contributed by atoms with E-state index in [1.165, 1.54) is 0 Å². The molecule has 0 radical (unpaired) electrons. The van der Waals surface area contributed by atoms with E-state index in [1.54, 1.807) is 0 Å². The van der Waals surface area contributed by atoms with E-state index in [0.29, 0.717) is 12.1 Å². The first-order valence-corrected chi connectivity index (χ1v) is 6.74. The number of benzene rings is 1. The van der Waals surface area contributed by atoms with Gasteiger partial charge in [-0.25, -0.2) is 4.90 Å². The molecule has 28 heavy (non-hydrogen) atoms. The van der Waals surface area contributed by atoms with Crippen molar-refractivity contribution in [3.63, 3.8) is 0 Å². The van der Waals surface area contributed by atoms with Crippen molar-refractivity contribution >= 4 is 11.8 Å². The van der Waals surface area contributed by atoms with Crippen molar-refractivity contribution in [2.45, 2.75) is 24.5 Å². The molecule has 0 aliphatic carbocycles. The molecule has 0 bridgehead atoms. The zero-order valence-electron chi connectivity index (χ0n) is 12.7. The number of amides is 2. The van der Waals surface area contributed by atoms with Crippen LogP contribution in [0, 0.1) is 0 Å². The summed E-state index contributed by atoms with van der Waals surface area (Å²) in [4.78, 5) is 22.6. The smallest absolute Gasteiger partial charge is 0.268 e. The molecule has 2 amide bonds. The lowest BCUT2D eigenvalue weighted by atomic mass is 10.1. The molecule has 0 saturated carbocycles. The molecule has 14 heteroatoms. The van der Waals surface area contributed by atoms with Crippen LogP contribution < -0.4 is 0 Å². The van der Waals surface area contributed by atoms with Gasteiger partial charge in [-0.3, -0.25) is 9.59 Å². The Labute approximate surface area is 147 Å². The molecule has 0 saturated heterocycles. The molecule has 2 rings (SSSR count). The highest BCUT2D eigenvalue weighted by atomic mass is 19.4. The van der Waals surface area contributed by atoms with Crippen LogP contribution in [0.1, 0.15) is 20.7 Å². The van der Waals surface area contributed by atoms with E-state index in [2.05, 4.69) is 0 Å². The average Bonchev–Trinajstić information content (AvgIpc) is 2.73. The van der Waals surface area contributed by atoms with Gasteiger partial charge in [0.1, 0.15) is 5.70 Å². The molecule has 1 aromatic rings. The number of carbonyl (C=O) groups excluding carboxylic acids is 2. The van der Waals surface area contributed by atoms with Crippen molar-refractivity contribution in [3.8, 4) is 0 Å². The number of allylic oxidation sites excluding steroid dienone is 2. The van der Waals surface area contributed by atoms with Crippen molar-refractivity contribution in [1.82, 2.24) is 4.90 Å². The standard InChI is InChI=1S/C14H4F11NO2/c15-11(16,14(23,24)25)8(7(12(17,18)19)13(20,21)22)26-9(27)5-3-1-2-4-6(5)10(26)28/h1-4H. The molecule has 1 aromatic carbocycles. The summed E-state index contributed by atoms with van der Waals surface area (Å²) in [5.41, 5.74) is -10.1. The minimum Gasteiger partial charge on any atom is -0.268 e. The van der Waals surface area contributed by atoms with E-state index in [4.69, 9.17) is 0 Å². The SMILES string of the molecule is O=C1c2ccccc2C(=O)N1C(=C(C(F)(F)F)C(F)(F)F)C(F)(F)C(F)(F)F. The fourth-order valence-corrected chi connectivity index (χ4v) is 2.37. The van der Waals surface area contributed by atoms with Gasteiger partial charge in [-0.15, -0.1) is 0 Å². The zero-order valence-corrected chi connectivity index (χ0v) is 12.7. The lowest BCUT2D eigenvalue weighted by molar-refractivity contribution is -0.272. The second-order valence-electron chi connectivity index (χ2n) is 5.28. The van der Waals surface area contributed by atoms with Crippen LogP contribution in [0.5, 0.6) is 0 Å². The number of halogens is 11. The third-order valence-electron chi connectivity index (χ3n) is 3.47. The Kier molecular flexibility index (Phi) is 4.77. The van der Waals surface area contributed by atoms with E-state index in [0.717, 1.165) is 12.1 Å². The fraction of sp³-hybridized carbons (Fsp3) is 0.286. The number of nitrogens with zero attached hydrogens (tertiary/aromatic N) is 1. The molecule has 0 fully saturated rings. The van der Waals surface area contributed by atoms with E-state index >= 15 is 0 Å². The third-order valence-corrected chi connectivity index (χ3v) is 3.47. The summed E-state index contributed by atoms with van der Waals surface area (Å²) in [6.07, 6.45) is -20.6. The molecule has 0 unspecified atom stereocenters. The summed E-state index contributed by atoms with van der Waals surface area (Å²) in [5.74, 6) is -11.2. The Balaban J connectivity index is 2.96. The van der Waals surface area contributed by atoms with Crippen LogP contribution >= 0.6 is 0 Å². The van der Waals surface area contributed by atoms with Crippen LogP contribution in [0.25, 0.3) is 0 Å². The normalized spacial score (nSPS) is 15.8. The lowest BCUT2D eigenvalue weighted by Crippen LogP contribution is -2.50. The minimum absolute atomic E-state index is 0.666. The van der Waals surface area contributed by atoms with Gasteiger partial charge >= 0.3 is 24.5 Å². The maximum atomic E-state index is 13.8. The molecular formula is C14H4F11NO2. The molecule has 1 heterocycles. The van der Waals surface area contributed by atoms with E-state index in [-0.39, 0.29) is 0 Å². The Morgan fingerprint density at radius 3 is 1.32 bits per heavy atom. The van der Waals surface area contributed by atoms with Crippen molar-refractivity contribution < 1.29 is 57.9 Å². The Morgan fingerprint density at radius 1 is 0.679 bits per heavy atom. The van der Waals surface area contributed by atoms with Crippen LogP contribution in [-0.4, -0.2) is 41.2 Å². The molecule has 3 nitrogen and oxygen atoms in total. The largest absolute Gasteiger partial charge is 0.459 e. The molecule has 0 atom stereocenters. The fourth-order valence-electron chi connectivity index (χ4n) is 2.37. The summed E-state index contributed by atoms with van der Waals surface area (Å²) in [5, 5.41) is 0. The number of fused-ring (bicyclic) bond motifs is 1. The first kappa shape index (κ1) is 21.6. The number of rotatable bonds is 2. The summed E-state index contributed by atoms with van der Waals surface area (Å²) >= 11 is 0. The second kappa shape index (κ2) is 6.17. The Hall–Kier alpha value is -2.67. The van der Waals surface area contributed by atoms with Gasteiger partial charge in [0, 0.05) is 0 Å². The van der Waals surface area contributed by atoms with Gasteiger partial charge in [-0.2, -0.15) is 48.3 Å². The van der Waals surface area contributed by atoms with Gasteiger partial charge in [-0.05, 0) is 12.1 Å². The summed E-state index contributed by atoms with van der Waals surface area (Å²) in [6, 6.07) is 3.26. The van der Waals surface area contributed by atoms with Crippen molar-refractivity contribution in [2.75, 3.05) is 0 Å². The van der Waals surface area contributed by atoms with E-state index in [1.807, 2.05) is 0 Å². The van der Waals surface area contributed by atoms with Gasteiger partial charge in [0.05, 0.1) is 11.1 Å². The topological polar surface area (TPSA) is 37.4 Å². The molecule has 0 N–H and O–H groups in total. The number of imide groups is 1. The quantitative estimate of drug-likeness (QED) is 0.500. The van der Waals surface area contributed by atoms with Crippen LogP contribution in [0.4, 0.5) is 48.3 Å². The number of hydrogen-bond donors (Lipinski definition) is 0. The van der Waals surface area contributed by atoms with Gasteiger partial charge in [-0.1, -0.05) is 12.1 Å². The van der Waals surface area contributed by atoms with Crippen LogP contribution in [0.15, 0.2) is 35.5 Å². The number of alkyl halides is 11. The summed E-state index contributed by atoms with van der Waals surface area (Å²) < 4.78 is 143. The highest BCUT2D eigenvalue weighted by molar-refractivity contribution is 6.22. The lowest BCUT2D eigenvalue weighted by Gasteiger charge is -2.31. The monoisotopic (exact) mass is 427 g/mol. The van der Waals surface area contributed by atoms with Gasteiger partial charge < -0.3 is 0 Å². The Bertz CT molecular complexity index is 810. The number of carbonyl (C=O) groups is 2. The maximum Gasteiger partial charge on any atom is 0.459 e. The van der Waals surface area contributed by atoms with Crippen molar-refractivity contribution in [3.05, 3.63) is 46.7 Å². The van der Waals surface area contributed by atoms with Crippen LogP contribution in [0.2, 0.25) is 0 Å². The van der Waals surface area contributed by atoms with Gasteiger partial charge in [0.2, 0.25) is 0 Å². The highest BCUT2D eigenvalue weighted by Crippen LogP contribution is 2.51. The molecule has 1 aliphatic heterocycles. The molecule has 154 valence electrons. The zero-order chi connectivity index (χ0) is 21.9. The third kappa shape index (κ3) is 3.30. The second-order valence-corrected chi connectivity index (χ2v) is 5.28. The average molecular weight is 427 g/mol. The van der Waals surface area contributed by atoms with Crippen molar-refractivity contribution in [1.29, 1.82) is 0 Å². The predicted octanol–water partition coefficient (Wildman–Crippen LogP) is 4.86. The Morgan fingerprint density at radius 2 is 1.04 bits per heavy atom. The molecule has 0 spiro atoms. The highest BCUT2D eigenvalue weighted by Gasteiger charge is 2.69. The first-order chi connectivity index (χ1) is 12.4. The summed E-state index contributed by atoms with van der Waals surface area (Å²) in [7, 11) is 0. The summed E-state index contributed by atoms with van der Waals surface area (Å²) in [6.45, 7) is 0. The van der Waals surface area contributed by atoms with Crippen molar-refractivity contribution in [2.24, 2.45) is 0 Å². The first-order valence-electron chi connectivity index (χ1n) is 6.74. The number of hydrogen-bond acceptors (Lipinski definition) is 2. The van der Waals surface area contributed by atoms with E-state index in [9.17, 15) is 57.9 Å². The van der Waals surface area contributed by atoms with E-state index < -0.39 is 63.6 Å². The van der Waals surface area contributed by atoms with Gasteiger partial charge in [0.25, 0.3) is 11.8 Å². The minimum atomic E-state index is -6.99. The van der Waals surface area contributed by atoms with Crippen LogP contribution in [-0.2, 0) is 0 Å². The van der Waals surface area contributed by atoms with Crippen LogP contribution in [0.3, 0.4) is 0 Å². The van der Waals surface area contributed by atoms with Gasteiger partial charge in [0.15, 0.2) is 5.57 Å².